The lowest BCUT2D eigenvalue weighted by Crippen LogP contribution is -2.45. The Hall–Kier alpha value is -2.48. The highest BCUT2D eigenvalue weighted by Crippen LogP contribution is 2.30. The van der Waals surface area contributed by atoms with Crippen LogP contribution in [0.3, 0.4) is 0 Å². The van der Waals surface area contributed by atoms with Gasteiger partial charge in [0.15, 0.2) is 0 Å². The highest BCUT2D eigenvalue weighted by atomic mass is 32.1. The number of rotatable bonds is 7. The Bertz CT molecular complexity index is 753. The maximum Gasteiger partial charge on any atom is 0.328 e. The second-order valence-corrected chi connectivity index (χ2v) is 7.88. The van der Waals surface area contributed by atoms with Crippen molar-refractivity contribution in [2.75, 3.05) is 33.2 Å². The molecule has 0 radical (unpaired) electrons. The lowest BCUT2D eigenvalue weighted by Gasteiger charge is -2.37. The van der Waals surface area contributed by atoms with Gasteiger partial charge >= 0.3 is 11.9 Å². The minimum Gasteiger partial charge on any atom is -0.478 e. The SMILES string of the molecule is CN1CCN(C(CCc2ccccc2)c2cccs2)CC1.O=C(O)/C=C\C(=O)O. The minimum atomic E-state index is -1.26. The van der Waals surface area contributed by atoms with Crippen molar-refractivity contribution < 1.29 is 19.8 Å². The van der Waals surface area contributed by atoms with Crippen LogP contribution in [0.4, 0.5) is 0 Å². The number of likely N-dealkylation sites (N-methyl/N-ethyl adjacent to an activating group) is 1. The number of aryl methyl sites for hydroxylation is 1. The summed E-state index contributed by atoms with van der Waals surface area (Å²) in [5, 5.41) is 17.8. The van der Waals surface area contributed by atoms with Crippen molar-refractivity contribution in [2.24, 2.45) is 0 Å². The summed E-state index contributed by atoms with van der Waals surface area (Å²) in [6, 6.07) is 15.9. The summed E-state index contributed by atoms with van der Waals surface area (Å²) in [5.74, 6) is -2.51. The molecule has 7 heteroatoms. The summed E-state index contributed by atoms with van der Waals surface area (Å²) >= 11 is 1.91. The van der Waals surface area contributed by atoms with Crippen LogP contribution in [0.5, 0.6) is 0 Å². The molecule has 29 heavy (non-hydrogen) atoms. The highest BCUT2D eigenvalue weighted by molar-refractivity contribution is 7.10. The van der Waals surface area contributed by atoms with Crippen LogP contribution in [0, 0.1) is 0 Å². The van der Waals surface area contributed by atoms with Crippen LogP contribution in [0.15, 0.2) is 60.0 Å². The number of piperazine rings is 1. The van der Waals surface area contributed by atoms with Crippen LogP contribution in [0.25, 0.3) is 0 Å². The third kappa shape index (κ3) is 8.60. The molecule has 0 spiro atoms. The molecule has 2 aromatic rings. The van der Waals surface area contributed by atoms with Crippen molar-refractivity contribution >= 4 is 23.3 Å². The van der Waals surface area contributed by atoms with E-state index in [1.165, 1.54) is 43.0 Å². The third-order valence-corrected chi connectivity index (χ3v) is 5.74. The number of nitrogens with zero attached hydrogens (tertiary/aromatic N) is 2. The van der Waals surface area contributed by atoms with Gasteiger partial charge < -0.3 is 15.1 Å². The van der Waals surface area contributed by atoms with E-state index in [9.17, 15) is 9.59 Å². The molecule has 0 saturated carbocycles. The van der Waals surface area contributed by atoms with Crippen molar-refractivity contribution in [3.8, 4) is 0 Å². The van der Waals surface area contributed by atoms with Crippen LogP contribution >= 0.6 is 11.3 Å². The number of aliphatic carboxylic acids is 2. The van der Waals surface area contributed by atoms with E-state index in [1.807, 2.05) is 11.3 Å². The number of thiophene rings is 1. The zero-order chi connectivity index (χ0) is 21.1. The predicted octanol–water partition coefficient (Wildman–Crippen LogP) is 3.38. The summed E-state index contributed by atoms with van der Waals surface area (Å²) < 4.78 is 0. The molecule has 2 heterocycles. The Kier molecular flexibility index (Phi) is 9.56. The smallest absolute Gasteiger partial charge is 0.328 e. The predicted molar refractivity (Wildman–Crippen MR) is 115 cm³/mol. The monoisotopic (exact) mass is 416 g/mol. The van der Waals surface area contributed by atoms with Gasteiger partial charge in [0.2, 0.25) is 0 Å². The first-order chi connectivity index (χ1) is 14.0. The van der Waals surface area contributed by atoms with Crippen LogP contribution in [0.2, 0.25) is 0 Å². The molecule has 2 N–H and O–H groups in total. The molecule has 1 aliphatic heterocycles. The van der Waals surface area contributed by atoms with Gasteiger partial charge in [0.1, 0.15) is 0 Å². The Morgan fingerprint density at radius 1 is 1.00 bits per heavy atom. The summed E-state index contributed by atoms with van der Waals surface area (Å²) in [7, 11) is 2.22. The van der Waals surface area contributed by atoms with Gasteiger partial charge in [-0.1, -0.05) is 36.4 Å². The molecule has 1 fully saturated rings. The van der Waals surface area contributed by atoms with E-state index in [2.05, 4.69) is 64.7 Å². The second-order valence-electron chi connectivity index (χ2n) is 6.90. The summed E-state index contributed by atoms with van der Waals surface area (Å²) in [6.45, 7) is 4.75. The van der Waals surface area contributed by atoms with E-state index >= 15 is 0 Å². The Morgan fingerprint density at radius 3 is 2.14 bits per heavy atom. The molecule has 0 bridgehead atoms. The molecule has 6 nitrogen and oxygen atoms in total. The first-order valence-corrected chi connectivity index (χ1v) is 10.5. The minimum absolute atomic E-state index is 0.558. The van der Waals surface area contributed by atoms with Crippen LogP contribution in [-0.4, -0.2) is 65.2 Å². The van der Waals surface area contributed by atoms with E-state index in [0.717, 1.165) is 6.42 Å². The van der Waals surface area contributed by atoms with Crippen molar-refractivity contribution in [2.45, 2.75) is 18.9 Å². The number of carbonyl (C=O) groups is 2. The number of hydrogen-bond donors (Lipinski definition) is 2. The molecule has 1 aromatic heterocycles. The van der Waals surface area contributed by atoms with Gasteiger partial charge in [-0.05, 0) is 36.9 Å². The number of benzene rings is 1. The van der Waals surface area contributed by atoms with Crippen molar-refractivity contribution in [1.82, 2.24) is 9.80 Å². The standard InChI is InChI=1S/C18H24N2S.C4H4O4/c1-19-11-13-20(14-12-19)17(18-8-5-15-21-18)10-9-16-6-3-2-4-7-16;5-3(6)1-2-4(7)8/h2-8,15,17H,9-14H2,1H3;1-2H,(H,5,6)(H,7,8)/b;2-1-. The maximum absolute atomic E-state index is 9.55. The van der Waals surface area contributed by atoms with Crippen molar-refractivity contribution in [1.29, 1.82) is 0 Å². The molecule has 1 aromatic carbocycles. The van der Waals surface area contributed by atoms with E-state index < -0.39 is 11.9 Å². The zero-order valence-corrected chi connectivity index (χ0v) is 17.4. The van der Waals surface area contributed by atoms with Crippen molar-refractivity contribution in [3.63, 3.8) is 0 Å². The Morgan fingerprint density at radius 2 is 1.62 bits per heavy atom. The third-order valence-electron chi connectivity index (χ3n) is 4.77. The van der Waals surface area contributed by atoms with Gasteiger partial charge in [-0.3, -0.25) is 4.90 Å². The fourth-order valence-corrected chi connectivity index (χ4v) is 4.11. The second kappa shape index (κ2) is 12.2. The number of hydrogen-bond acceptors (Lipinski definition) is 5. The molecule has 156 valence electrons. The van der Waals surface area contributed by atoms with E-state index in [1.54, 1.807) is 0 Å². The first-order valence-electron chi connectivity index (χ1n) is 9.59. The number of carboxylic acids is 2. The Balaban J connectivity index is 0.000000321. The van der Waals surface area contributed by atoms with Gasteiger partial charge in [0.05, 0.1) is 0 Å². The molecular weight excluding hydrogens is 388 g/mol. The molecule has 1 unspecified atom stereocenters. The van der Waals surface area contributed by atoms with Gasteiger partial charge in [-0.15, -0.1) is 11.3 Å². The molecule has 1 atom stereocenters. The van der Waals surface area contributed by atoms with Gasteiger partial charge in [-0.25, -0.2) is 9.59 Å². The maximum atomic E-state index is 9.55. The normalized spacial score (nSPS) is 16.2. The van der Waals surface area contributed by atoms with Crippen LogP contribution in [-0.2, 0) is 16.0 Å². The molecule has 1 aliphatic rings. The largest absolute Gasteiger partial charge is 0.478 e. The van der Waals surface area contributed by atoms with Crippen molar-refractivity contribution in [3.05, 3.63) is 70.4 Å². The average molecular weight is 417 g/mol. The molecular formula is C22H28N2O4S. The summed E-state index contributed by atoms with van der Waals surface area (Å²) in [4.78, 5) is 25.7. The van der Waals surface area contributed by atoms with E-state index in [-0.39, 0.29) is 0 Å². The van der Waals surface area contributed by atoms with E-state index in [4.69, 9.17) is 10.2 Å². The van der Waals surface area contributed by atoms with Gasteiger partial charge in [0, 0.05) is 49.3 Å². The lowest BCUT2D eigenvalue weighted by molar-refractivity contribution is -0.134. The Labute approximate surface area is 175 Å². The van der Waals surface area contributed by atoms with Crippen LogP contribution < -0.4 is 0 Å². The van der Waals surface area contributed by atoms with Gasteiger partial charge in [0.25, 0.3) is 0 Å². The number of carboxylic acid groups (broad SMARTS) is 2. The molecule has 0 amide bonds. The fraction of sp³-hybridized carbons (Fsp3) is 0.364. The quantitative estimate of drug-likeness (QED) is 0.674. The average Bonchev–Trinajstić information content (AvgIpc) is 3.24. The summed E-state index contributed by atoms with van der Waals surface area (Å²) in [6.07, 6.45) is 3.49. The molecule has 3 rings (SSSR count). The fourth-order valence-electron chi connectivity index (χ4n) is 3.21. The van der Waals surface area contributed by atoms with E-state index in [0.29, 0.717) is 18.2 Å². The highest BCUT2D eigenvalue weighted by Gasteiger charge is 2.24. The topological polar surface area (TPSA) is 81.1 Å². The zero-order valence-electron chi connectivity index (χ0n) is 16.6. The van der Waals surface area contributed by atoms with Gasteiger partial charge in [-0.2, -0.15) is 0 Å². The van der Waals surface area contributed by atoms with Crippen LogP contribution in [0.1, 0.15) is 22.9 Å². The lowest BCUT2D eigenvalue weighted by atomic mass is 10.0. The molecule has 0 aliphatic carbocycles. The summed E-state index contributed by atoms with van der Waals surface area (Å²) in [5.41, 5.74) is 1.45. The molecule has 1 saturated heterocycles. The first kappa shape index (κ1) is 22.8.